The standard InChI is InChI=1S/C14H25N3O3S/c1-11(2)15-8-12-6-7-13(16-9-12)21(18,19)17-14(3,4)10-20-5/h6-7,9,11,15,17H,8,10H2,1-5H3. The van der Waals surface area contributed by atoms with E-state index in [0.29, 0.717) is 12.6 Å². The normalized spacial score (nSPS) is 12.9. The third-order valence-corrected chi connectivity index (χ3v) is 4.32. The van der Waals surface area contributed by atoms with Crippen LogP contribution in [-0.4, -0.2) is 38.7 Å². The summed E-state index contributed by atoms with van der Waals surface area (Å²) >= 11 is 0. The molecule has 0 saturated heterocycles. The Morgan fingerprint density at radius 1 is 1.33 bits per heavy atom. The number of pyridine rings is 1. The molecule has 120 valence electrons. The largest absolute Gasteiger partial charge is 0.383 e. The minimum absolute atomic E-state index is 0.0139. The van der Waals surface area contributed by atoms with Crippen molar-refractivity contribution in [2.45, 2.75) is 50.8 Å². The van der Waals surface area contributed by atoms with Gasteiger partial charge in [-0.1, -0.05) is 19.9 Å². The Morgan fingerprint density at radius 3 is 2.48 bits per heavy atom. The Labute approximate surface area is 127 Å². The highest BCUT2D eigenvalue weighted by Crippen LogP contribution is 2.12. The van der Waals surface area contributed by atoms with Crippen molar-refractivity contribution in [3.63, 3.8) is 0 Å². The van der Waals surface area contributed by atoms with Crippen LogP contribution in [0.4, 0.5) is 0 Å². The van der Waals surface area contributed by atoms with E-state index in [1.165, 1.54) is 13.2 Å². The molecule has 0 saturated carbocycles. The molecule has 2 N–H and O–H groups in total. The lowest BCUT2D eigenvalue weighted by molar-refractivity contribution is 0.141. The van der Waals surface area contributed by atoms with Gasteiger partial charge in [0.05, 0.1) is 12.1 Å². The molecule has 0 aliphatic carbocycles. The van der Waals surface area contributed by atoms with Crippen LogP contribution in [0.1, 0.15) is 33.3 Å². The van der Waals surface area contributed by atoms with Crippen molar-refractivity contribution < 1.29 is 13.2 Å². The molecule has 0 aromatic carbocycles. The van der Waals surface area contributed by atoms with E-state index in [1.54, 1.807) is 26.1 Å². The third kappa shape index (κ3) is 6.09. The summed E-state index contributed by atoms with van der Waals surface area (Å²) in [7, 11) is -2.12. The number of sulfonamides is 1. The molecular weight excluding hydrogens is 290 g/mol. The van der Waals surface area contributed by atoms with Crippen LogP contribution in [0.25, 0.3) is 0 Å². The van der Waals surface area contributed by atoms with Crippen LogP contribution in [0.15, 0.2) is 23.4 Å². The molecule has 1 rings (SSSR count). The molecule has 0 aliphatic rings. The van der Waals surface area contributed by atoms with Crippen molar-refractivity contribution in [3.05, 3.63) is 23.9 Å². The first-order valence-electron chi connectivity index (χ1n) is 6.87. The van der Waals surface area contributed by atoms with E-state index in [9.17, 15) is 8.42 Å². The highest BCUT2D eigenvalue weighted by molar-refractivity contribution is 7.89. The summed E-state index contributed by atoms with van der Waals surface area (Å²) in [4.78, 5) is 4.04. The number of hydrogen-bond acceptors (Lipinski definition) is 5. The molecule has 0 radical (unpaired) electrons. The zero-order valence-corrected chi connectivity index (χ0v) is 14.1. The van der Waals surface area contributed by atoms with Crippen LogP contribution >= 0.6 is 0 Å². The first kappa shape index (κ1) is 18.0. The molecule has 21 heavy (non-hydrogen) atoms. The molecule has 1 aromatic rings. The van der Waals surface area contributed by atoms with Gasteiger partial charge in [-0.3, -0.25) is 0 Å². The Kier molecular flexibility index (Phi) is 6.27. The lowest BCUT2D eigenvalue weighted by atomic mass is 10.1. The van der Waals surface area contributed by atoms with Crippen LogP contribution in [-0.2, 0) is 21.3 Å². The van der Waals surface area contributed by atoms with E-state index in [1.807, 2.05) is 13.8 Å². The number of nitrogens with one attached hydrogen (secondary N) is 2. The minimum atomic E-state index is -3.65. The molecule has 7 heteroatoms. The van der Waals surface area contributed by atoms with Gasteiger partial charge in [0.1, 0.15) is 0 Å². The third-order valence-electron chi connectivity index (χ3n) is 2.70. The summed E-state index contributed by atoms with van der Waals surface area (Å²) in [5.41, 5.74) is 0.256. The number of aromatic nitrogens is 1. The number of hydrogen-bond donors (Lipinski definition) is 2. The van der Waals surface area contributed by atoms with Crippen LogP contribution in [0.5, 0.6) is 0 Å². The Bertz CT molecular complexity index is 539. The highest BCUT2D eigenvalue weighted by atomic mass is 32.2. The van der Waals surface area contributed by atoms with E-state index < -0.39 is 15.6 Å². The maximum atomic E-state index is 12.3. The topological polar surface area (TPSA) is 80.3 Å². The number of ether oxygens (including phenoxy) is 1. The first-order chi connectivity index (χ1) is 9.66. The molecule has 1 heterocycles. The molecule has 0 amide bonds. The lowest BCUT2D eigenvalue weighted by Crippen LogP contribution is -2.46. The van der Waals surface area contributed by atoms with Gasteiger partial charge in [0.25, 0.3) is 10.0 Å². The van der Waals surface area contributed by atoms with Crippen LogP contribution in [0.2, 0.25) is 0 Å². The molecule has 6 nitrogen and oxygen atoms in total. The second kappa shape index (κ2) is 7.31. The van der Waals surface area contributed by atoms with Crippen LogP contribution in [0.3, 0.4) is 0 Å². The summed E-state index contributed by atoms with van der Waals surface area (Å²) in [5, 5.41) is 3.27. The Hall–Kier alpha value is -1.02. The zero-order chi connectivity index (χ0) is 16.1. The number of nitrogens with zero attached hydrogens (tertiary/aromatic N) is 1. The first-order valence-corrected chi connectivity index (χ1v) is 8.36. The smallest absolute Gasteiger partial charge is 0.258 e. The molecule has 0 atom stereocenters. The predicted molar refractivity (Wildman–Crippen MR) is 82.5 cm³/mol. The molecule has 0 bridgehead atoms. The van der Waals surface area contributed by atoms with Crippen molar-refractivity contribution in [3.8, 4) is 0 Å². The van der Waals surface area contributed by atoms with E-state index in [2.05, 4.69) is 15.0 Å². The number of methoxy groups -OCH3 is 1. The molecule has 0 aliphatic heterocycles. The monoisotopic (exact) mass is 315 g/mol. The quantitative estimate of drug-likeness (QED) is 0.755. The van der Waals surface area contributed by atoms with E-state index >= 15 is 0 Å². The van der Waals surface area contributed by atoms with Crippen molar-refractivity contribution in [2.75, 3.05) is 13.7 Å². The maximum Gasteiger partial charge on any atom is 0.258 e. The molecule has 0 spiro atoms. The fraction of sp³-hybridized carbons (Fsp3) is 0.643. The average molecular weight is 315 g/mol. The summed E-state index contributed by atoms with van der Waals surface area (Å²) < 4.78 is 32.1. The van der Waals surface area contributed by atoms with Gasteiger partial charge in [-0.05, 0) is 25.5 Å². The second-order valence-corrected chi connectivity index (χ2v) is 7.59. The van der Waals surface area contributed by atoms with Crippen molar-refractivity contribution in [1.29, 1.82) is 0 Å². The molecular formula is C14H25N3O3S. The Morgan fingerprint density at radius 2 is 2.00 bits per heavy atom. The van der Waals surface area contributed by atoms with Gasteiger partial charge in [0.15, 0.2) is 5.03 Å². The molecule has 1 aromatic heterocycles. The van der Waals surface area contributed by atoms with Crippen LogP contribution < -0.4 is 10.0 Å². The zero-order valence-electron chi connectivity index (χ0n) is 13.3. The van der Waals surface area contributed by atoms with Gasteiger partial charge in [0, 0.05) is 25.9 Å². The van der Waals surface area contributed by atoms with Gasteiger partial charge in [0.2, 0.25) is 0 Å². The minimum Gasteiger partial charge on any atom is -0.383 e. The lowest BCUT2D eigenvalue weighted by Gasteiger charge is -2.24. The SMILES string of the molecule is COCC(C)(C)NS(=O)(=O)c1ccc(CNC(C)C)cn1. The Balaban J connectivity index is 2.80. The average Bonchev–Trinajstić information content (AvgIpc) is 2.35. The van der Waals surface area contributed by atoms with Gasteiger partial charge in [-0.15, -0.1) is 0 Å². The summed E-state index contributed by atoms with van der Waals surface area (Å²) in [6, 6.07) is 3.65. The number of rotatable bonds is 8. The summed E-state index contributed by atoms with van der Waals surface area (Å²) in [6.45, 7) is 8.56. The van der Waals surface area contributed by atoms with E-state index in [4.69, 9.17) is 4.74 Å². The fourth-order valence-electron chi connectivity index (χ4n) is 1.80. The molecule has 0 fully saturated rings. The summed E-state index contributed by atoms with van der Waals surface area (Å²) in [5.74, 6) is 0. The highest BCUT2D eigenvalue weighted by Gasteiger charge is 2.27. The van der Waals surface area contributed by atoms with Crippen molar-refractivity contribution in [2.24, 2.45) is 0 Å². The van der Waals surface area contributed by atoms with Gasteiger partial charge >= 0.3 is 0 Å². The van der Waals surface area contributed by atoms with Crippen molar-refractivity contribution >= 4 is 10.0 Å². The van der Waals surface area contributed by atoms with E-state index in [-0.39, 0.29) is 11.6 Å². The predicted octanol–water partition coefficient (Wildman–Crippen LogP) is 1.28. The van der Waals surface area contributed by atoms with Gasteiger partial charge in [-0.2, -0.15) is 0 Å². The van der Waals surface area contributed by atoms with Crippen molar-refractivity contribution in [1.82, 2.24) is 15.0 Å². The van der Waals surface area contributed by atoms with Crippen LogP contribution in [0, 0.1) is 0 Å². The van der Waals surface area contributed by atoms with Gasteiger partial charge in [-0.25, -0.2) is 18.1 Å². The van der Waals surface area contributed by atoms with E-state index in [0.717, 1.165) is 5.56 Å². The van der Waals surface area contributed by atoms with Gasteiger partial charge < -0.3 is 10.1 Å². The molecule has 0 unspecified atom stereocenters. The maximum absolute atomic E-state index is 12.3. The summed E-state index contributed by atoms with van der Waals surface area (Å²) in [6.07, 6.45) is 1.58. The second-order valence-electron chi connectivity index (χ2n) is 5.96. The fourth-order valence-corrected chi connectivity index (χ4v) is 3.13.